The van der Waals surface area contributed by atoms with Gasteiger partial charge in [0.15, 0.2) is 6.29 Å². The Balaban J connectivity index is 3.38. The molecule has 3 nitrogen and oxygen atoms in total. The Morgan fingerprint density at radius 2 is 1.78 bits per heavy atom. The van der Waals surface area contributed by atoms with Crippen molar-refractivity contribution < 1.29 is 9.84 Å². The lowest BCUT2D eigenvalue weighted by atomic mass is 10.2. The van der Waals surface area contributed by atoms with Gasteiger partial charge in [-0.2, -0.15) is 0 Å². The van der Waals surface area contributed by atoms with Gasteiger partial charge in [0.2, 0.25) is 0 Å². The van der Waals surface area contributed by atoms with Crippen LogP contribution in [0.2, 0.25) is 0 Å². The maximum absolute atomic E-state index is 10.3. The van der Waals surface area contributed by atoms with Crippen LogP contribution in [0.3, 0.4) is 0 Å². The second-order valence-electron chi connectivity index (χ2n) is 2.41. The summed E-state index contributed by atoms with van der Waals surface area (Å²) in [6.07, 6.45) is -1.43. The number of ether oxygens (including phenoxy) is 1. The molecule has 0 aliphatic heterocycles. The Morgan fingerprint density at radius 1 is 1.33 bits per heavy atom. The minimum Gasteiger partial charge on any atom is -0.332 e. The summed E-state index contributed by atoms with van der Waals surface area (Å²) >= 11 is 0. The van der Waals surface area contributed by atoms with Gasteiger partial charge in [-0.1, -0.05) is 13.8 Å². The maximum atomic E-state index is 10.3. The normalized spacial score (nSPS) is 18.0. The van der Waals surface area contributed by atoms with Crippen molar-refractivity contribution in [1.29, 1.82) is 0 Å². The van der Waals surface area contributed by atoms with Gasteiger partial charge in [-0.05, 0) is 12.8 Å². The van der Waals surface area contributed by atoms with Crippen LogP contribution < -0.4 is 5.73 Å². The number of rotatable bonds is 3. The lowest BCUT2D eigenvalue weighted by molar-refractivity contribution is -0.166. The first kappa shape index (κ1) is 8.88. The van der Waals surface area contributed by atoms with Crippen LogP contribution in [-0.2, 0) is 9.84 Å². The fourth-order valence-corrected chi connectivity index (χ4v) is 0.378. The van der Waals surface area contributed by atoms with Crippen LogP contribution in [-0.4, -0.2) is 12.5 Å². The van der Waals surface area contributed by atoms with Crippen LogP contribution in [0.1, 0.15) is 20.8 Å². The van der Waals surface area contributed by atoms with Crippen molar-refractivity contribution in [3.63, 3.8) is 0 Å². The highest BCUT2D eigenvalue weighted by atomic mass is 16.6. The minimum atomic E-state index is -1.01. The molecule has 0 saturated heterocycles. The molecule has 0 amide bonds. The third-order valence-electron chi connectivity index (χ3n) is 1.01. The van der Waals surface area contributed by atoms with Gasteiger partial charge in [-0.3, -0.25) is 0 Å². The molecule has 0 aliphatic carbocycles. The quantitative estimate of drug-likeness (QED) is 0.575. The molecule has 1 radical (unpaired) electrons. The number of nitrogens with two attached hydrogens (primary N) is 1. The summed E-state index contributed by atoms with van der Waals surface area (Å²) in [4.78, 5) is 0. The maximum Gasteiger partial charge on any atom is 0.190 e. The molecular formula is C6H14NO2. The van der Waals surface area contributed by atoms with Gasteiger partial charge in [0.25, 0.3) is 0 Å². The molecule has 2 unspecified atom stereocenters. The SMILES string of the molecule is CC([O])OC(N)C(C)C. The highest BCUT2D eigenvalue weighted by molar-refractivity contribution is 4.51. The molecule has 0 rings (SSSR count). The lowest BCUT2D eigenvalue weighted by Crippen LogP contribution is -2.32. The Bertz CT molecular complexity index is 73.5. The monoisotopic (exact) mass is 132 g/mol. The van der Waals surface area contributed by atoms with Gasteiger partial charge in [0.05, 0.1) is 0 Å². The molecular weight excluding hydrogens is 118 g/mol. The van der Waals surface area contributed by atoms with Crippen LogP contribution >= 0.6 is 0 Å². The zero-order chi connectivity index (χ0) is 7.44. The summed E-state index contributed by atoms with van der Waals surface area (Å²) in [6.45, 7) is 5.25. The summed E-state index contributed by atoms with van der Waals surface area (Å²) in [7, 11) is 0. The Hall–Kier alpha value is -0.120. The predicted octanol–water partition coefficient (Wildman–Crippen LogP) is 0.720. The Morgan fingerprint density at radius 3 is 1.89 bits per heavy atom. The summed E-state index contributed by atoms with van der Waals surface area (Å²) in [5.41, 5.74) is 5.40. The van der Waals surface area contributed by atoms with E-state index >= 15 is 0 Å². The van der Waals surface area contributed by atoms with Gasteiger partial charge in [-0.25, -0.2) is 5.11 Å². The molecule has 0 bridgehead atoms. The molecule has 2 atom stereocenters. The van der Waals surface area contributed by atoms with E-state index in [1.165, 1.54) is 6.92 Å². The molecule has 9 heavy (non-hydrogen) atoms. The second kappa shape index (κ2) is 3.82. The van der Waals surface area contributed by atoms with Crippen molar-refractivity contribution in [2.75, 3.05) is 0 Å². The third kappa shape index (κ3) is 4.39. The van der Waals surface area contributed by atoms with Gasteiger partial charge in [0, 0.05) is 0 Å². The molecule has 0 heterocycles. The molecule has 55 valence electrons. The summed E-state index contributed by atoms with van der Waals surface area (Å²) in [6, 6.07) is 0. The molecule has 0 aromatic rings. The molecule has 2 N–H and O–H groups in total. The van der Waals surface area contributed by atoms with E-state index in [9.17, 15) is 5.11 Å². The van der Waals surface area contributed by atoms with Crippen molar-refractivity contribution in [1.82, 2.24) is 0 Å². The van der Waals surface area contributed by atoms with Crippen LogP contribution in [0.4, 0.5) is 0 Å². The van der Waals surface area contributed by atoms with Gasteiger partial charge < -0.3 is 10.5 Å². The highest BCUT2D eigenvalue weighted by Gasteiger charge is 2.10. The van der Waals surface area contributed by atoms with Crippen molar-refractivity contribution in [2.24, 2.45) is 11.7 Å². The van der Waals surface area contributed by atoms with E-state index < -0.39 is 12.5 Å². The average Bonchev–Trinajstić information content (AvgIpc) is 1.63. The summed E-state index contributed by atoms with van der Waals surface area (Å²) in [5, 5.41) is 10.3. The standard InChI is InChI=1S/C6H14NO2/c1-4(2)6(7)9-5(3)8/h4-6H,7H2,1-3H3. The number of hydrogen-bond donors (Lipinski definition) is 1. The van der Waals surface area contributed by atoms with Crippen molar-refractivity contribution in [3.8, 4) is 0 Å². The van der Waals surface area contributed by atoms with Crippen LogP contribution in [0.25, 0.3) is 0 Å². The second-order valence-corrected chi connectivity index (χ2v) is 2.41. The van der Waals surface area contributed by atoms with E-state index in [2.05, 4.69) is 0 Å². The molecule has 0 aromatic carbocycles. The fraction of sp³-hybridized carbons (Fsp3) is 1.00. The smallest absolute Gasteiger partial charge is 0.190 e. The third-order valence-corrected chi connectivity index (χ3v) is 1.01. The van der Waals surface area contributed by atoms with E-state index in [1.54, 1.807) is 0 Å². The largest absolute Gasteiger partial charge is 0.332 e. The summed E-state index contributed by atoms with van der Waals surface area (Å²) < 4.78 is 4.73. The molecule has 0 spiro atoms. The zero-order valence-corrected chi connectivity index (χ0v) is 6.13. The lowest BCUT2D eigenvalue weighted by Gasteiger charge is -2.16. The van der Waals surface area contributed by atoms with Crippen LogP contribution in [0.5, 0.6) is 0 Å². The molecule has 0 fully saturated rings. The van der Waals surface area contributed by atoms with Gasteiger partial charge in [-0.15, -0.1) is 0 Å². The summed E-state index contributed by atoms with van der Waals surface area (Å²) in [5.74, 6) is 0.210. The average molecular weight is 132 g/mol. The number of hydrogen-bond acceptors (Lipinski definition) is 2. The fourth-order valence-electron chi connectivity index (χ4n) is 0.378. The van der Waals surface area contributed by atoms with E-state index in [0.717, 1.165) is 0 Å². The van der Waals surface area contributed by atoms with E-state index in [4.69, 9.17) is 10.5 Å². The van der Waals surface area contributed by atoms with Gasteiger partial charge in [0.1, 0.15) is 6.23 Å². The topological polar surface area (TPSA) is 55.1 Å². The first-order chi connectivity index (χ1) is 4.04. The first-order valence-electron chi connectivity index (χ1n) is 3.11. The van der Waals surface area contributed by atoms with Gasteiger partial charge >= 0.3 is 0 Å². The van der Waals surface area contributed by atoms with E-state index in [1.807, 2.05) is 13.8 Å². The van der Waals surface area contributed by atoms with E-state index in [-0.39, 0.29) is 5.92 Å². The predicted molar refractivity (Wildman–Crippen MR) is 34.0 cm³/mol. The van der Waals surface area contributed by atoms with Crippen molar-refractivity contribution in [3.05, 3.63) is 0 Å². The molecule has 3 heteroatoms. The first-order valence-corrected chi connectivity index (χ1v) is 3.11. The molecule has 0 aliphatic rings. The Kier molecular flexibility index (Phi) is 3.77. The highest BCUT2D eigenvalue weighted by Crippen LogP contribution is 2.01. The van der Waals surface area contributed by atoms with E-state index in [0.29, 0.717) is 0 Å². The van der Waals surface area contributed by atoms with Crippen molar-refractivity contribution >= 4 is 0 Å². The van der Waals surface area contributed by atoms with Crippen molar-refractivity contribution in [2.45, 2.75) is 33.3 Å². The minimum absolute atomic E-state index is 0.210. The van der Waals surface area contributed by atoms with Crippen LogP contribution in [0.15, 0.2) is 0 Å². The molecule has 0 saturated carbocycles. The zero-order valence-electron chi connectivity index (χ0n) is 6.13. The molecule has 0 aromatic heterocycles. The Labute approximate surface area is 55.8 Å². The van der Waals surface area contributed by atoms with Crippen LogP contribution in [0, 0.1) is 5.92 Å².